The molecule has 1 heterocycles. The van der Waals surface area contributed by atoms with Gasteiger partial charge in [0.05, 0.1) is 12.1 Å². The number of aryl methyl sites for hydroxylation is 1. The minimum atomic E-state index is -0.235. The summed E-state index contributed by atoms with van der Waals surface area (Å²) in [5.41, 5.74) is 0.276. The van der Waals surface area contributed by atoms with Crippen LogP contribution >= 0.6 is 0 Å². The molecule has 1 N–H and O–H groups in total. The highest BCUT2D eigenvalue weighted by Crippen LogP contribution is 2.66. The number of fused-ring (bicyclic) bond motifs is 2. The average Bonchev–Trinajstić information content (AvgIpc) is 2.89. The van der Waals surface area contributed by atoms with Crippen LogP contribution < -0.4 is 4.90 Å². The van der Waals surface area contributed by atoms with Crippen LogP contribution in [0.5, 0.6) is 0 Å². The van der Waals surface area contributed by atoms with Crippen molar-refractivity contribution in [2.24, 2.45) is 23.8 Å². The van der Waals surface area contributed by atoms with Crippen LogP contribution in [0.25, 0.3) is 0 Å². The van der Waals surface area contributed by atoms with Crippen molar-refractivity contribution >= 4 is 5.82 Å². The first kappa shape index (κ1) is 13.0. The predicted molar refractivity (Wildman–Crippen MR) is 78.2 cm³/mol. The summed E-state index contributed by atoms with van der Waals surface area (Å²) in [5, 5.41) is 10.9. The largest absolute Gasteiger partial charge is 0.390 e. The van der Waals surface area contributed by atoms with E-state index >= 15 is 0 Å². The van der Waals surface area contributed by atoms with Crippen molar-refractivity contribution in [3.05, 3.63) is 18.3 Å². The average molecular weight is 262 g/mol. The van der Waals surface area contributed by atoms with E-state index in [0.29, 0.717) is 5.92 Å². The number of hydrogen-bond acceptors (Lipinski definition) is 2. The van der Waals surface area contributed by atoms with Gasteiger partial charge in [-0.3, -0.25) is 0 Å². The summed E-state index contributed by atoms with van der Waals surface area (Å²) < 4.78 is 2.13. The van der Waals surface area contributed by atoms with Crippen molar-refractivity contribution in [3.63, 3.8) is 0 Å². The first-order valence-electron chi connectivity index (χ1n) is 7.33. The normalized spacial score (nSPS) is 39.8. The van der Waals surface area contributed by atoms with Crippen LogP contribution in [0.2, 0.25) is 0 Å². The van der Waals surface area contributed by atoms with E-state index in [1.165, 1.54) is 12.2 Å². The van der Waals surface area contributed by atoms with E-state index in [1.807, 2.05) is 0 Å². The van der Waals surface area contributed by atoms with E-state index in [2.05, 4.69) is 62.7 Å². The Morgan fingerprint density at radius 3 is 2.53 bits per heavy atom. The fraction of sp³-hybridized carbons (Fsp3) is 0.750. The molecule has 4 atom stereocenters. The molecule has 2 saturated carbocycles. The van der Waals surface area contributed by atoms with Crippen molar-refractivity contribution in [2.45, 2.75) is 45.8 Å². The lowest BCUT2D eigenvalue weighted by atomic mass is 9.70. The summed E-state index contributed by atoms with van der Waals surface area (Å²) >= 11 is 0. The number of aliphatic hydroxyl groups is 1. The van der Waals surface area contributed by atoms with Gasteiger partial charge in [0.15, 0.2) is 0 Å². The summed E-state index contributed by atoms with van der Waals surface area (Å²) in [6, 6.07) is 4.44. The molecule has 3 nitrogen and oxygen atoms in total. The third-order valence-electron chi connectivity index (χ3n) is 6.49. The van der Waals surface area contributed by atoms with E-state index < -0.39 is 0 Å². The van der Waals surface area contributed by atoms with Crippen LogP contribution in [-0.2, 0) is 7.05 Å². The Morgan fingerprint density at radius 1 is 1.37 bits per heavy atom. The van der Waals surface area contributed by atoms with E-state index in [9.17, 15) is 5.11 Å². The second kappa shape index (κ2) is 3.78. The lowest BCUT2D eigenvalue weighted by Crippen LogP contribution is -2.48. The third kappa shape index (κ3) is 1.42. The first-order chi connectivity index (χ1) is 8.80. The van der Waals surface area contributed by atoms with Crippen LogP contribution in [0.15, 0.2) is 18.3 Å². The van der Waals surface area contributed by atoms with Crippen molar-refractivity contribution in [1.29, 1.82) is 0 Å². The molecule has 1 aromatic rings. The first-order valence-corrected chi connectivity index (χ1v) is 7.33. The van der Waals surface area contributed by atoms with Gasteiger partial charge >= 0.3 is 0 Å². The van der Waals surface area contributed by atoms with Gasteiger partial charge in [-0.1, -0.05) is 20.8 Å². The molecule has 1 aromatic heterocycles. The lowest BCUT2D eigenvalue weighted by Gasteiger charge is -2.39. The quantitative estimate of drug-likeness (QED) is 0.887. The van der Waals surface area contributed by atoms with Gasteiger partial charge in [-0.15, -0.1) is 0 Å². The minimum absolute atomic E-state index is 0.0573. The molecule has 2 fully saturated rings. The maximum Gasteiger partial charge on any atom is 0.108 e. The molecule has 0 unspecified atom stereocenters. The Labute approximate surface area is 116 Å². The highest BCUT2D eigenvalue weighted by atomic mass is 16.3. The lowest BCUT2D eigenvalue weighted by molar-refractivity contribution is 0.00510. The molecular weight excluding hydrogens is 236 g/mol. The molecule has 3 heteroatoms. The van der Waals surface area contributed by atoms with Crippen LogP contribution in [0, 0.1) is 16.7 Å². The maximum atomic E-state index is 10.9. The Balaban J connectivity index is 1.98. The van der Waals surface area contributed by atoms with Crippen LogP contribution in [-0.4, -0.2) is 28.9 Å². The van der Waals surface area contributed by atoms with Gasteiger partial charge in [-0.05, 0) is 36.3 Å². The van der Waals surface area contributed by atoms with Crippen LogP contribution in [0.4, 0.5) is 5.82 Å². The van der Waals surface area contributed by atoms with Gasteiger partial charge < -0.3 is 14.6 Å². The molecule has 0 saturated heterocycles. The van der Waals surface area contributed by atoms with Crippen molar-refractivity contribution in [1.82, 2.24) is 4.57 Å². The second-order valence-electron chi connectivity index (χ2n) is 7.31. The molecule has 0 radical (unpaired) electrons. The Kier molecular flexibility index (Phi) is 2.60. The number of anilines is 1. The molecule has 2 aliphatic carbocycles. The molecule has 0 aromatic carbocycles. The van der Waals surface area contributed by atoms with Crippen LogP contribution in [0.1, 0.15) is 33.6 Å². The van der Waals surface area contributed by atoms with Crippen LogP contribution in [0.3, 0.4) is 0 Å². The summed E-state index contributed by atoms with van der Waals surface area (Å²) in [4.78, 5) is 2.29. The molecule has 2 aliphatic rings. The monoisotopic (exact) mass is 262 g/mol. The number of likely N-dealkylation sites (N-methyl/N-ethyl adjacent to an activating group) is 1. The zero-order valence-corrected chi connectivity index (χ0v) is 12.7. The number of hydrogen-bond donors (Lipinski definition) is 1. The fourth-order valence-corrected chi connectivity index (χ4v) is 4.74. The van der Waals surface area contributed by atoms with Gasteiger partial charge in [-0.2, -0.15) is 0 Å². The molecule has 0 aliphatic heterocycles. The van der Waals surface area contributed by atoms with Crippen molar-refractivity contribution in [2.75, 3.05) is 11.9 Å². The maximum absolute atomic E-state index is 10.9. The van der Waals surface area contributed by atoms with Crippen molar-refractivity contribution in [3.8, 4) is 0 Å². The molecule has 19 heavy (non-hydrogen) atoms. The number of aromatic nitrogens is 1. The molecule has 0 spiro atoms. The van der Waals surface area contributed by atoms with Gasteiger partial charge in [-0.25, -0.2) is 0 Å². The van der Waals surface area contributed by atoms with Gasteiger partial charge in [0.2, 0.25) is 0 Å². The minimum Gasteiger partial charge on any atom is -0.390 e. The second-order valence-corrected chi connectivity index (χ2v) is 7.31. The zero-order valence-electron chi connectivity index (χ0n) is 12.7. The summed E-state index contributed by atoms with van der Waals surface area (Å²) in [6.07, 6.45) is 4.22. The van der Waals surface area contributed by atoms with Gasteiger partial charge in [0.1, 0.15) is 5.82 Å². The topological polar surface area (TPSA) is 28.4 Å². The SMILES string of the molecule is CN(c1cccn1C)[C@H]1[C@@H](O)[C@@]2(C)CC[C@@H]1C2(C)C. The molecule has 2 bridgehead atoms. The van der Waals surface area contributed by atoms with Crippen molar-refractivity contribution < 1.29 is 5.11 Å². The summed E-state index contributed by atoms with van der Waals surface area (Å²) in [5.74, 6) is 1.77. The molecular formula is C16H26N2O. The molecule has 106 valence electrons. The molecule has 3 rings (SSSR count). The Morgan fingerprint density at radius 2 is 2.05 bits per heavy atom. The predicted octanol–water partition coefficient (Wildman–Crippen LogP) is 2.65. The third-order valence-corrected chi connectivity index (χ3v) is 6.49. The van der Waals surface area contributed by atoms with E-state index in [1.54, 1.807) is 0 Å². The van der Waals surface area contributed by atoms with E-state index in [4.69, 9.17) is 0 Å². The number of rotatable bonds is 2. The number of aliphatic hydroxyl groups excluding tert-OH is 1. The zero-order chi connectivity index (χ0) is 14.0. The van der Waals surface area contributed by atoms with E-state index in [-0.39, 0.29) is 23.0 Å². The highest BCUT2D eigenvalue weighted by molar-refractivity contribution is 5.43. The highest BCUT2D eigenvalue weighted by Gasteiger charge is 2.66. The Hall–Kier alpha value is -0.960. The Bertz CT molecular complexity index is 493. The van der Waals surface area contributed by atoms with Gasteiger partial charge in [0, 0.05) is 25.7 Å². The van der Waals surface area contributed by atoms with E-state index in [0.717, 1.165) is 6.42 Å². The number of nitrogens with zero attached hydrogens (tertiary/aromatic N) is 2. The van der Waals surface area contributed by atoms with Gasteiger partial charge in [0.25, 0.3) is 0 Å². The standard InChI is InChI=1S/C16H26N2O/c1-15(2)11-8-9-16(15,3)14(19)13(11)18(5)12-7-6-10-17(12)4/h6-7,10-11,13-14,19H,8-9H2,1-5H3/t11-,13+,14+,16+/m0/s1. The summed E-state index contributed by atoms with van der Waals surface area (Å²) in [6.45, 7) is 6.95. The fourth-order valence-electron chi connectivity index (χ4n) is 4.74. The smallest absolute Gasteiger partial charge is 0.108 e. The molecule has 0 amide bonds. The summed E-state index contributed by atoms with van der Waals surface area (Å²) in [7, 11) is 4.20.